The smallest absolute Gasteiger partial charge is 0.335 e. The molecule has 0 fully saturated rings. The van der Waals surface area contributed by atoms with Crippen LogP contribution in [0.1, 0.15) is 50.3 Å². The quantitative estimate of drug-likeness (QED) is 0.754. The highest BCUT2D eigenvalue weighted by molar-refractivity contribution is 6.06. The molecule has 4 heteroatoms. The predicted octanol–water partition coefficient (Wildman–Crippen LogP) is 3.49. The van der Waals surface area contributed by atoms with Crippen molar-refractivity contribution in [1.29, 1.82) is 0 Å². The first-order valence-electron chi connectivity index (χ1n) is 8.16. The molecule has 0 aliphatic heterocycles. The molecule has 23 heavy (non-hydrogen) atoms. The Bertz CT molecular complexity index is 628. The van der Waals surface area contributed by atoms with Crippen LogP contribution in [0.4, 0.5) is 0 Å². The van der Waals surface area contributed by atoms with Gasteiger partial charge in [0.1, 0.15) is 5.92 Å². The van der Waals surface area contributed by atoms with Crippen molar-refractivity contribution < 1.29 is 19.1 Å². The van der Waals surface area contributed by atoms with Gasteiger partial charge in [-0.1, -0.05) is 32.0 Å². The van der Waals surface area contributed by atoms with Gasteiger partial charge < -0.3 is 9.47 Å². The lowest BCUT2D eigenvalue weighted by Gasteiger charge is -2.15. The van der Waals surface area contributed by atoms with Gasteiger partial charge >= 0.3 is 11.9 Å². The molecule has 1 unspecified atom stereocenters. The van der Waals surface area contributed by atoms with Crippen molar-refractivity contribution in [2.45, 2.75) is 40.0 Å². The number of rotatable bonds is 6. The molecule has 0 radical (unpaired) electrons. The topological polar surface area (TPSA) is 52.6 Å². The summed E-state index contributed by atoms with van der Waals surface area (Å²) in [4.78, 5) is 24.7. The maximum atomic E-state index is 12.4. The predicted molar refractivity (Wildman–Crippen MR) is 89.0 cm³/mol. The van der Waals surface area contributed by atoms with E-state index in [1.54, 1.807) is 19.9 Å². The number of fused-ring (bicyclic) bond motifs is 1. The molecule has 1 atom stereocenters. The number of esters is 2. The van der Waals surface area contributed by atoms with Gasteiger partial charge in [-0.15, -0.1) is 0 Å². The van der Waals surface area contributed by atoms with E-state index >= 15 is 0 Å². The Kier molecular flexibility index (Phi) is 5.59. The van der Waals surface area contributed by atoms with Crippen LogP contribution in [-0.4, -0.2) is 25.2 Å². The van der Waals surface area contributed by atoms with Crippen molar-refractivity contribution in [3.63, 3.8) is 0 Å². The second-order valence-corrected chi connectivity index (χ2v) is 6.02. The summed E-state index contributed by atoms with van der Waals surface area (Å²) in [5.74, 6) is -1.04. The zero-order chi connectivity index (χ0) is 17.0. The molecule has 1 aromatic rings. The van der Waals surface area contributed by atoms with Crippen LogP contribution >= 0.6 is 0 Å². The summed E-state index contributed by atoms with van der Waals surface area (Å²) in [7, 11) is 0. The monoisotopic (exact) mass is 316 g/mol. The standard InChI is InChI=1S/C19H24O4/c1-5-22-18(20)16-11-15-13(10-12(3)4)8-7-9-14(15)17(16)19(21)23-6-2/h7-9,11-12,17H,5-6,10H2,1-4H3. The number of carbonyl (C=O) groups is 2. The molecule has 1 aliphatic carbocycles. The maximum absolute atomic E-state index is 12.4. The number of benzene rings is 1. The van der Waals surface area contributed by atoms with Crippen molar-refractivity contribution in [2.75, 3.05) is 13.2 Å². The summed E-state index contributed by atoms with van der Waals surface area (Å²) >= 11 is 0. The average molecular weight is 316 g/mol. The van der Waals surface area contributed by atoms with Crippen LogP contribution < -0.4 is 0 Å². The fraction of sp³-hybridized carbons (Fsp3) is 0.474. The molecule has 0 spiro atoms. The van der Waals surface area contributed by atoms with E-state index in [2.05, 4.69) is 13.8 Å². The van der Waals surface area contributed by atoms with E-state index in [4.69, 9.17) is 9.47 Å². The first-order valence-corrected chi connectivity index (χ1v) is 8.16. The lowest BCUT2D eigenvalue weighted by Crippen LogP contribution is -2.21. The Morgan fingerprint density at radius 3 is 2.43 bits per heavy atom. The van der Waals surface area contributed by atoms with Crippen LogP contribution in [-0.2, 0) is 25.5 Å². The SMILES string of the molecule is CCOC(=O)C1=Cc2c(CC(C)C)cccc2C1C(=O)OCC. The van der Waals surface area contributed by atoms with Crippen LogP contribution in [0.2, 0.25) is 0 Å². The highest BCUT2D eigenvalue weighted by Gasteiger charge is 2.37. The van der Waals surface area contributed by atoms with Crippen molar-refractivity contribution in [1.82, 2.24) is 0 Å². The van der Waals surface area contributed by atoms with Crippen molar-refractivity contribution >= 4 is 18.0 Å². The minimum atomic E-state index is -0.684. The third kappa shape index (κ3) is 3.63. The van der Waals surface area contributed by atoms with Gasteiger partial charge in [0.2, 0.25) is 0 Å². The molecule has 0 saturated carbocycles. The number of hydrogen-bond donors (Lipinski definition) is 0. The summed E-state index contributed by atoms with van der Waals surface area (Å²) in [6.07, 6.45) is 2.69. The van der Waals surface area contributed by atoms with Gasteiger partial charge in [-0.25, -0.2) is 4.79 Å². The van der Waals surface area contributed by atoms with E-state index < -0.39 is 17.9 Å². The van der Waals surface area contributed by atoms with E-state index in [1.807, 2.05) is 18.2 Å². The molecule has 0 bridgehead atoms. The zero-order valence-electron chi connectivity index (χ0n) is 14.2. The van der Waals surface area contributed by atoms with Crippen LogP contribution in [0.15, 0.2) is 23.8 Å². The van der Waals surface area contributed by atoms with Crippen molar-refractivity contribution in [2.24, 2.45) is 5.92 Å². The second-order valence-electron chi connectivity index (χ2n) is 6.02. The number of carbonyl (C=O) groups excluding carboxylic acids is 2. The molecular formula is C19H24O4. The van der Waals surface area contributed by atoms with Crippen LogP contribution in [0.25, 0.3) is 6.08 Å². The van der Waals surface area contributed by atoms with E-state index in [-0.39, 0.29) is 13.2 Å². The Morgan fingerprint density at radius 1 is 1.13 bits per heavy atom. The minimum absolute atomic E-state index is 0.279. The molecule has 0 amide bonds. The van der Waals surface area contributed by atoms with Gasteiger partial charge in [-0.3, -0.25) is 4.79 Å². The van der Waals surface area contributed by atoms with E-state index in [9.17, 15) is 9.59 Å². The molecule has 1 aromatic carbocycles. The normalized spacial score (nSPS) is 16.0. The fourth-order valence-corrected chi connectivity index (χ4v) is 2.96. The molecular weight excluding hydrogens is 292 g/mol. The van der Waals surface area contributed by atoms with Crippen molar-refractivity contribution in [3.8, 4) is 0 Å². The Hall–Kier alpha value is -2.10. The average Bonchev–Trinajstić information content (AvgIpc) is 2.88. The molecule has 0 saturated heterocycles. The van der Waals surface area contributed by atoms with E-state index in [1.165, 1.54) is 0 Å². The Morgan fingerprint density at radius 2 is 1.83 bits per heavy atom. The summed E-state index contributed by atoms with van der Waals surface area (Å²) in [6, 6.07) is 5.87. The fourth-order valence-electron chi connectivity index (χ4n) is 2.96. The second kappa shape index (κ2) is 7.44. The van der Waals surface area contributed by atoms with Gasteiger partial charge in [0.05, 0.1) is 18.8 Å². The van der Waals surface area contributed by atoms with Crippen molar-refractivity contribution in [3.05, 3.63) is 40.5 Å². The molecule has 0 N–H and O–H groups in total. The largest absolute Gasteiger partial charge is 0.465 e. The van der Waals surface area contributed by atoms with Gasteiger partial charge in [0.15, 0.2) is 0 Å². The summed E-state index contributed by atoms with van der Waals surface area (Å²) in [5.41, 5.74) is 3.31. The van der Waals surface area contributed by atoms with Gasteiger partial charge in [-0.2, -0.15) is 0 Å². The molecule has 2 rings (SSSR count). The zero-order valence-corrected chi connectivity index (χ0v) is 14.2. The lowest BCUT2D eigenvalue weighted by atomic mass is 9.92. The third-order valence-electron chi connectivity index (χ3n) is 3.81. The molecule has 0 aromatic heterocycles. The Labute approximate surface area is 137 Å². The van der Waals surface area contributed by atoms with Crippen LogP contribution in [0.5, 0.6) is 0 Å². The molecule has 124 valence electrons. The molecule has 1 aliphatic rings. The first-order chi connectivity index (χ1) is 11.0. The maximum Gasteiger partial charge on any atom is 0.335 e. The molecule has 4 nitrogen and oxygen atoms in total. The van der Waals surface area contributed by atoms with Gasteiger partial charge in [0.25, 0.3) is 0 Å². The first kappa shape index (κ1) is 17.3. The minimum Gasteiger partial charge on any atom is -0.465 e. The number of ether oxygens (including phenoxy) is 2. The third-order valence-corrected chi connectivity index (χ3v) is 3.81. The van der Waals surface area contributed by atoms with E-state index in [0.717, 1.165) is 23.1 Å². The highest BCUT2D eigenvalue weighted by atomic mass is 16.5. The van der Waals surface area contributed by atoms with Crippen LogP contribution in [0.3, 0.4) is 0 Å². The lowest BCUT2D eigenvalue weighted by molar-refractivity contribution is -0.147. The molecule has 0 heterocycles. The van der Waals surface area contributed by atoms with Gasteiger partial charge in [-0.05, 0) is 49.0 Å². The summed E-state index contributed by atoms with van der Waals surface area (Å²) < 4.78 is 10.3. The van der Waals surface area contributed by atoms with Gasteiger partial charge in [0, 0.05) is 0 Å². The number of hydrogen-bond acceptors (Lipinski definition) is 4. The Balaban J connectivity index is 2.48. The summed E-state index contributed by atoms with van der Waals surface area (Å²) in [6.45, 7) is 8.37. The summed E-state index contributed by atoms with van der Waals surface area (Å²) in [5, 5.41) is 0. The van der Waals surface area contributed by atoms with Crippen LogP contribution in [0, 0.1) is 5.92 Å². The highest BCUT2D eigenvalue weighted by Crippen LogP contribution is 2.40. The van der Waals surface area contributed by atoms with E-state index in [0.29, 0.717) is 11.5 Å².